The lowest BCUT2D eigenvalue weighted by Gasteiger charge is -2.28. The van der Waals surface area contributed by atoms with Crippen LogP contribution in [0.25, 0.3) is 0 Å². The van der Waals surface area contributed by atoms with Gasteiger partial charge in [0.25, 0.3) is 0 Å². The Morgan fingerprint density at radius 3 is 2.52 bits per heavy atom. The summed E-state index contributed by atoms with van der Waals surface area (Å²) in [6.45, 7) is 6.07. The van der Waals surface area contributed by atoms with Crippen molar-refractivity contribution in [3.63, 3.8) is 0 Å². The molecule has 1 aromatic rings. The molecule has 0 aromatic carbocycles. The number of carbonyl (C=O) groups excluding carboxylic acids is 1. The molecule has 0 radical (unpaired) electrons. The zero-order valence-electron chi connectivity index (χ0n) is 12.9. The third-order valence-electron chi connectivity index (χ3n) is 4.05. The van der Waals surface area contributed by atoms with E-state index in [4.69, 9.17) is 10.5 Å². The highest BCUT2D eigenvalue weighted by Crippen LogP contribution is 2.48. The molecule has 1 aliphatic heterocycles. The summed E-state index contributed by atoms with van der Waals surface area (Å²) >= 11 is 1.54. The number of hydrogen-bond donors (Lipinski definition) is 1. The Labute approximate surface area is 130 Å². The van der Waals surface area contributed by atoms with Gasteiger partial charge in [-0.3, -0.25) is 4.79 Å². The Kier molecular flexibility index (Phi) is 4.11. The van der Waals surface area contributed by atoms with Gasteiger partial charge in [0.2, 0.25) is 0 Å². The van der Waals surface area contributed by atoms with Crippen LogP contribution in [0.1, 0.15) is 55.6 Å². The van der Waals surface area contributed by atoms with E-state index < -0.39 is 0 Å². The third-order valence-corrected chi connectivity index (χ3v) is 5.31. The van der Waals surface area contributed by atoms with Crippen LogP contribution in [-0.4, -0.2) is 25.0 Å². The van der Waals surface area contributed by atoms with Crippen molar-refractivity contribution in [3.8, 4) is 5.75 Å². The summed E-state index contributed by atoms with van der Waals surface area (Å²) in [7, 11) is 0. The van der Waals surface area contributed by atoms with Crippen LogP contribution in [0.2, 0.25) is 0 Å². The van der Waals surface area contributed by atoms with Crippen molar-refractivity contribution >= 4 is 27.8 Å². The molecule has 1 saturated carbocycles. The van der Waals surface area contributed by atoms with Crippen LogP contribution in [0, 0.1) is 5.92 Å². The monoisotopic (exact) mass is 308 g/mol. The van der Waals surface area contributed by atoms with Gasteiger partial charge in [0.1, 0.15) is 5.00 Å². The number of Topliss-reactive ketones (excluding diaryl/α,β-unsaturated/α-hetero) is 1. The van der Waals surface area contributed by atoms with Gasteiger partial charge in [0, 0.05) is 19.0 Å². The molecule has 0 atom stereocenters. The number of piperidine rings is 1. The lowest BCUT2D eigenvalue weighted by molar-refractivity contribution is 0.0972. The maximum absolute atomic E-state index is 12.4. The Balaban J connectivity index is 1.95. The zero-order chi connectivity index (χ0) is 15.0. The molecule has 3 rings (SSSR count). The van der Waals surface area contributed by atoms with E-state index in [2.05, 4.69) is 4.90 Å². The minimum Gasteiger partial charge on any atom is -0.486 e. The summed E-state index contributed by atoms with van der Waals surface area (Å²) in [5.41, 5.74) is 6.82. The second kappa shape index (κ2) is 5.87. The van der Waals surface area contributed by atoms with Crippen LogP contribution in [0.5, 0.6) is 5.75 Å². The number of ether oxygens (including phenoxy) is 1. The minimum atomic E-state index is 0.0642. The first-order valence-corrected chi connectivity index (χ1v) is 8.77. The molecule has 116 valence electrons. The highest BCUT2D eigenvalue weighted by atomic mass is 32.1. The number of thiophene rings is 1. The fraction of sp³-hybridized carbons (Fsp3) is 0.688. The molecule has 4 nitrogen and oxygen atoms in total. The fourth-order valence-electron chi connectivity index (χ4n) is 2.79. The van der Waals surface area contributed by atoms with E-state index in [0.717, 1.165) is 36.7 Å². The number of nitrogen functional groups attached to an aromatic ring is 1. The number of rotatable bonds is 5. The van der Waals surface area contributed by atoms with Crippen molar-refractivity contribution < 1.29 is 9.53 Å². The summed E-state index contributed by atoms with van der Waals surface area (Å²) in [6, 6.07) is 0. The molecule has 0 spiro atoms. The highest BCUT2D eigenvalue weighted by Gasteiger charge is 2.35. The van der Waals surface area contributed by atoms with Gasteiger partial charge >= 0.3 is 0 Å². The van der Waals surface area contributed by atoms with Gasteiger partial charge in [-0.25, -0.2) is 0 Å². The van der Waals surface area contributed by atoms with Crippen molar-refractivity contribution in [2.24, 2.45) is 5.92 Å². The lowest BCUT2D eigenvalue weighted by atomic mass is 10.1. The maximum atomic E-state index is 12.4. The average Bonchev–Trinajstić information content (AvgIpc) is 3.26. The molecule has 2 fully saturated rings. The van der Waals surface area contributed by atoms with Crippen LogP contribution in [0.3, 0.4) is 0 Å². The van der Waals surface area contributed by atoms with E-state index in [0.29, 0.717) is 10.6 Å². The third kappa shape index (κ3) is 3.03. The first kappa shape index (κ1) is 14.7. The fourth-order valence-corrected chi connectivity index (χ4v) is 4.01. The number of anilines is 2. The van der Waals surface area contributed by atoms with Gasteiger partial charge in [-0.1, -0.05) is 0 Å². The minimum absolute atomic E-state index is 0.0642. The van der Waals surface area contributed by atoms with Crippen molar-refractivity contribution in [2.45, 2.75) is 52.1 Å². The Hall–Kier alpha value is -1.23. The molecule has 5 heteroatoms. The number of nitrogens with two attached hydrogens (primary N) is 1. The molecule has 2 N–H and O–H groups in total. The number of ketones is 1. The van der Waals surface area contributed by atoms with Crippen LogP contribution in [-0.2, 0) is 0 Å². The lowest BCUT2D eigenvalue weighted by Crippen LogP contribution is -2.29. The predicted molar refractivity (Wildman–Crippen MR) is 87.6 cm³/mol. The van der Waals surface area contributed by atoms with Crippen molar-refractivity contribution in [2.75, 3.05) is 23.7 Å². The van der Waals surface area contributed by atoms with Gasteiger partial charge in [-0.05, 0) is 46.0 Å². The van der Waals surface area contributed by atoms with E-state index >= 15 is 0 Å². The summed E-state index contributed by atoms with van der Waals surface area (Å²) in [6.07, 6.45) is 5.77. The highest BCUT2D eigenvalue weighted by molar-refractivity contribution is 7.19. The summed E-state index contributed by atoms with van der Waals surface area (Å²) < 4.78 is 5.95. The van der Waals surface area contributed by atoms with Crippen molar-refractivity contribution in [1.29, 1.82) is 0 Å². The molecule has 1 saturated heterocycles. The standard InChI is InChI=1S/C16H24N2O2S/c1-10(2)20-14-12(17)15(13(19)11-6-7-11)21-16(14)18-8-4-3-5-9-18/h10-11H,3-9,17H2,1-2H3. The van der Waals surface area contributed by atoms with E-state index in [1.807, 2.05) is 13.8 Å². The van der Waals surface area contributed by atoms with Crippen LogP contribution >= 0.6 is 11.3 Å². The van der Waals surface area contributed by atoms with E-state index in [-0.39, 0.29) is 17.8 Å². The van der Waals surface area contributed by atoms with Gasteiger partial charge < -0.3 is 15.4 Å². The summed E-state index contributed by atoms with van der Waals surface area (Å²) in [5, 5.41) is 1.06. The Morgan fingerprint density at radius 2 is 1.95 bits per heavy atom. The second-order valence-electron chi connectivity index (χ2n) is 6.33. The molecule has 0 amide bonds. The maximum Gasteiger partial charge on any atom is 0.178 e. The number of hydrogen-bond acceptors (Lipinski definition) is 5. The van der Waals surface area contributed by atoms with Crippen molar-refractivity contribution in [3.05, 3.63) is 4.88 Å². The Morgan fingerprint density at radius 1 is 1.29 bits per heavy atom. The molecule has 0 unspecified atom stereocenters. The summed E-state index contributed by atoms with van der Waals surface area (Å²) in [4.78, 5) is 15.5. The predicted octanol–water partition coefficient (Wildman–Crippen LogP) is 3.70. The first-order chi connectivity index (χ1) is 10.1. The Bertz CT molecular complexity index is 529. The largest absolute Gasteiger partial charge is 0.486 e. The average molecular weight is 308 g/mol. The van der Waals surface area contributed by atoms with Crippen LogP contribution in [0.4, 0.5) is 10.7 Å². The molecule has 2 heterocycles. The van der Waals surface area contributed by atoms with Gasteiger partial charge in [0.05, 0.1) is 16.7 Å². The molecule has 1 aromatic heterocycles. The molecule has 1 aliphatic carbocycles. The van der Waals surface area contributed by atoms with Gasteiger partial charge in [0.15, 0.2) is 11.5 Å². The van der Waals surface area contributed by atoms with E-state index in [1.165, 1.54) is 30.6 Å². The zero-order valence-corrected chi connectivity index (χ0v) is 13.7. The quantitative estimate of drug-likeness (QED) is 0.843. The topological polar surface area (TPSA) is 55.6 Å². The van der Waals surface area contributed by atoms with Crippen LogP contribution < -0.4 is 15.4 Å². The second-order valence-corrected chi connectivity index (χ2v) is 7.33. The SMILES string of the molecule is CC(C)Oc1c(N2CCCCC2)sc(C(=O)C2CC2)c1N. The first-order valence-electron chi connectivity index (χ1n) is 7.96. The smallest absolute Gasteiger partial charge is 0.178 e. The van der Waals surface area contributed by atoms with Gasteiger partial charge in [-0.2, -0.15) is 0 Å². The summed E-state index contributed by atoms with van der Waals surface area (Å²) in [5.74, 6) is 1.15. The molecule has 21 heavy (non-hydrogen) atoms. The van der Waals surface area contributed by atoms with E-state index in [1.54, 1.807) is 0 Å². The molecule has 2 aliphatic rings. The normalized spacial score (nSPS) is 19.1. The number of nitrogens with zero attached hydrogens (tertiary/aromatic N) is 1. The molecular formula is C16H24N2O2S. The van der Waals surface area contributed by atoms with Crippen LogP contribution in [0.15, 0.2) is 0 Å². The van der Waals surface area contributed by atoms with Gasteiger partial charge in [-0.15, -0.1) is 11.3 Å². The number of carbonyl (C=O) groups is 1. The van der Waals surface area contributed by atoms with E-state index in [9.17, 15) is 4.79 Å². The molecular weight excluding hydrogens is 284 g/mol. The molecule has 0 bridgehead atoms. The van der Waals surface area contributed by atoms with Crippen molar-refractivity contribution in [1.82, 2.24) is 0 Å².